The molecule has 1 N–H and O–H groups in total. The summed E-state index contributed by atoms with van der Waals surface area (Å²) in [6.07, 6.45) is 4.49. The van der Waals surface area contributed by atoms with E-state index in [-0.39, 0.29) is 30.7 Å². The predicted molar refractivity (Wildman–Crippen MR) is 128 cm³/mol. The molecule has 0 unspecified atom stereocenters. The highest BCUT2D eigenvalue weighted by molar-refractivity contribution is 5.95. The molecule has 2 aromatic heterocycles. The Balaban J connectivity index is 1.41. The summed E-state index contributed by atoms with van der Waals surface area (Å²) in [6, 6.07) is 8.94. The van der Waals surface area contributed by atoms with Crippen LogP contribution >= 0.6 is 0 Å². The molecule has 35 heavy (non-hydrogen) atoms. The Morgan fingerprint density at radius 1 is 1.11 bits per heavy atom. The molecular weight excluding hydrogens is 452 g/mol. The van der Waals surface area contributed by atoms with Crippen molar-refractivity contribution in [1.82, 2.24) is 19.5 Å². The number of fused-ring (bicyclic) bond motifs is 1. The zero-order valence-electron chi connectivity index (χ0n) is 18.9. The molecular formula is C26H21F2N5O2. The van der Waals surface area contributed by atoms with Gasteiger partial charge in [-0.05, 0) is 42.8 Å². The van der Waals surface area contributed by atoms with E-state index < -0.39 is 17.2 Å². The van der Waals surface area contributed by atoms with E-state index in [0.717, 1.165) is 35.1 Å². The second kappa shape index (κ2) is 10.7. The molecule has 0 bridgehead atoms. The molecule has 4 aromatic rings. The van der Waals surface area contributed by atoms with Crippen molar-refractivity contribution in [2.75, 3.05) is 11.9 Å². The van der Waals surface area contributed by atoms with Gasteiger partial charge in [0.25, 0.3) is 5.56 Å². The first-order chi connectivity index (χ1) is 16.9. The zero-order chi connectivity index (χ0) is 24.8. The van der Waals surface area contributed by atoms with Gasteiger partial charge >= 0.3 is 0 Å². The van der Waals surface area contributed by atoms with Crippen LogP contribution in [0.3, 0.4) is 0 Å². The minimum Gasteiger partial charge on any atom is -0.354 e. The van der Waals surface area contributed by atoms with Crippen molar-refractivity contribution >= 4 is 22.6 Å². The van der Waals surface area contributed by atoms with E-state index in [2.05, 4.69) is 32.1 Å². The van der Waals surface area contributed by atoms with E-state index in [1.54, 1.807) is 6.20 Å². The number of hydrogen-bond donors (Lipinski definition) is 1. The minimum atomic E-state index is -1.01. The van der Waals surface area contributed by atoms with E-state index in [1.165, 1.54) is 23.2 Å². The number of benzene rings is 2. The lowest BCUT2D eigenvalue weighted by molar-refractivity contribution is 0.0982. The van der Waals surface area contributed by atoms with Crippen LogP contribution < -0.4 is 10.9 Å². The smallest absolute Gasteiger partial charge is 0.264 e. The molecule has 0 saturated heterocycles. The van der Waals surface area contributed by atoms with E-state index in [1.807, 2.05) is 25.1 Å². The van der Waals surface area contributed by atoms with Crippen LogP contribution in [-0.4, -0.2) is 31.8 Å². The predicted octanol–water partition coefficient (Wildman–Crippen LogP) is 3.96. The number of nitrogens with one attached hydrogen (secondary N) is 1. The highest BCUT2D eigenvalue weighted by atomic mass is 19.2. The van der Waals surface area contributed by atoms with Gasteiger partial charge in [0.1, 0.15) is 5.56 Å². The number of carbonyl (C=O) groups excluding carboxylic acids is 1. The van der Waals surface area contributed by atoms with Gasteiger partial charge in [0, 0.05) is 42.7 Å². The Morgan fingerprint density at radius 2 is 1.97 bits per heavy atom. The number of Topliss-reactive ketones (excluding diaryl/α,β-unsaturated/α-hetero) is 1. The molecule has 2 heterocycles. The molecule has 0 aliphatic carbocycles. The zero-order valence-corrected chi connectivity index (χ0v) is 18.9. The van der Waals surface area contributed by atoms with Crippen LogP contribution in [0.15, 0.2) is 59.9 Å². The molecule has 0 radical (unpaired) electrons. The van der Waals surface area contributed by atoms with Crippen molar-refractivity contribution in [1.29, 1.82) is 0 Å². The first-order valence-corrected chi connectivity index (χ1v) is 11.0. The summed E-state index contributed by atoms with van der Waals surface area (Å²) in [7, 11) is 0. The standard InChI is InChI=1S/C26H21F2N5O2/c1-2-30-26-31-13-19-11-17(8-10-23(19)32-26)5-3-4-6-24(34)20-14-29-16-33(25(20)35)15-18-7-9-21(27)22(28)12-18/h7-14,16H,2,4,6,15H2,1H3,(H,30,31,32). The number of halogens is 2. The van der Waals surface area contributed by atoms with Crippen LogP contribution in [-0.2, 0) is 6.54 Å². The topological polar surface area (TPSA) is 89.8 Å². The van der Waals surface area contributed by atoms with Crippen molar-refractivity contribution in [2.45, 2.75) is 26.3 Å². The van der Waals surface area contributed by atoms with Gasteiger partial charge in [-0.25, -0.2) is 23.7 Å². The quantitative estimate of drug-likeness (QED) is 0.323. The number of hydrogen-bond acceptors (Lipinski definition) is 6. The van der Waals surface area contributed by atoms with Gasteiger partial charge in [-0.15, -0.1) is 0 Å². The number of ketones is 1. The summed E-state index contributed by atoms with van der Waals surface area (Å²) < 4.78 is 27.8. The highest BCUT2D eigenvalue weighted by Crippen LogP contribution is 2.15. The van der Waals surface area contributed by atoms with Gasteiger partial charge in [0.15, 0.2) is 17.4 Å². The third-order valence-corrected chi connectivity index (χ3v) is 5.16. The summed E-state index contributed by atoms with van der Waals surface area (Å²) in [5.74, 6) is 4.16. The lowest BCUT2D eigenvalue weighted by Crippen LogP contribution is -2.27. The summed E-state index contributed by atoms with van der Waals surface area (Å²) in [4.78, 5) is 37.9. The number of nitrogens with zero attached hydrogens (tertiary/aromatic N) is 4. The number of anilines is 1. The maximum atomic E-state index is 13.5. The lowest BCUT2D eigenvalue weighted by atomic mass is 10.1. The van der Waals surface area contributed by atoms with Crippen LogP contribution in [0.1, 0.15) is 41.3 Å². The lowest BCUT2D eigenvalue weighted by Gasteiger charge is -2.07. The fourth-order valence-electron chi connectivity index (χ4n) is 3.42. The van der Waals surface area contributed by atoms with Gasteiger partial charge in [-0.1, -0.05) is 17.9 Å². The van der Waals surface area contributed by atoms with Crippen molar-refractivity contribution in [3.63, 3.8) is 0 Å². The van der Waals surface area contributed by atoms with E-state index in [4.69, 9.17) is 0 Å². The molecule has 2 aromatic carbocycles. The van der Waals surface area contributed by atoms with E-state index >= 15 is 0 Å². The molecule has 0 spiro atoms. The number of rotatable bonds is 7. The van der Waals surface area contributed by atoms with Crippen LogP contribution in [0.5, 0.6) is 0 Å². The monoisotopic (exact) mass is 473 g/mol. The second-order valence-corrected chi connectivity index (χ2v) is 7.71. The van der Waals surface area contributed by atoms with Crippen molar-refractivity contribution < 1.29 is 13.6 Å². The molecule has 9 heteroatoms. The molecule has 0 fully saturated rings. The largest absolute Gasteiger partial charge is 0.354 e. The SMILES string of the molecule is CCNc1ncc2cc(C#CCCC(=O)c3cncn(Cc4ccc(F)c(F)c4)c3=O)ccc2n1. The average Bonchev–Trinajstić information content (AvgIpc) is 2.85. The average molecular weight is 473 g/mol. The fraction of sp³-hybridized carbons (Fsp3) is 0.192. The fourth-order valence-corrected chi connectivity index (χ4v) is 3.42. The molecule has 7 nitrogen and oxygen atoms in total. The number of aromatic nitrogens is 4. The molecule has 0 aliphatic rings. The third-order valence-electron chi connectivity index (χ3n) is 5.16. The van der Waals surface area contributed by atoms with E-state index in [0.29, 0.717) is 11.5 Å². The van der Waals surface area contributed by atoms with Gasteiger partial charge in [0.05, 0.1) is 18.4 Å². The highest BCUT2D eigenvalue weighted by Gasteiger charge is 2.13. The van der Waals surface area contributed by atoms with Crippen molar-refractivity contribution in [2.24, 2.45) is 0 Å². The molecule has 0 amide bonds. The minimum absolute atomic E-state index is 0.0361. The molecule has 4 rings (SSSR count). The van der Waals surface area contributed by atoms with Crippen LogP contribution in [0.4, 0.5) is 14.7 Å². The van der Waals surface area contributed by atoms with Crippen molar-refractivity contribution in [3.05, 3.63) is 93.8 Å². The maximum absolute atomic E-state index is 13.5. The Kier molecular flexibility index (Phi) is 7.21. The molecule has 176 valence electrons. The summed E-state index contributed by atoms with van der Waals surface area (Å²) in [6.45, 7) is 2.66. The van der Waals surface area contributed by atoms with Gasteiger partial charge in [-0.3, -0.25) is 14.2 Å². The van der Waals surface area contributed by atoms with Crippen LogP contribution in [0.2, 0.25) is 0 Å². The van der Waals surface area contributed by atoms with Crippen molar-refractivity contribution in [3.8, 4) is 11.8 Å². The molecule has 0 aliphatic heterocycles. The number of carbonyl (C=O) groups is 1. The van der Waals surface area contributed by atoms with Crippen LogP contribution in [0.25, 0.3) is 10.9 Å². The van der Waals surface area contributed by atoms with E-state index in [9.17, 15) is 18.4 Å². The van der Waals surface area contributed by atoms with Gasteiger partial charge in [-0.2, -0.15) is 0 Å². The Labute approximate surface area is 199 Å². The first kappa shape index (κ1) is 23.7. The summed E-state index contributed by atoms with van der Waals surface area (Å²) in [5, 5.41) is 3.92. The second-order valence-electron chi connectivity index (χ2n) is 7.71. The van der Waals surface area contributed by atoms with Gasteiger partial charge < -0.3 is 5.32 Å². The first-order valence-electron chi connectivity index (χ1n) is 11.0. The maximum Gasteiger partial charge on any atom is 0.264 e. The van der Waals surface area contributed by atoms with Gasteiger partial charge in [0.2, 0.25) is 5.95 Å². The summed E-state index contributed by atoms with van der Waals surface area (Å²) in [5.41, 5.74) is 1.32. The third kappa shape index (κ3) is 5.73. The Hall–Kier alpha value is -4.45. The molecule has 0 atom stereocenters. The Morgan fingerprint density at radius 3 is 2.77 bits per heavy atom. The molecule has 0 saturated carbocycles. The van der Waals surface area contributed by atoms with Crippen LogP contribution in [0, 0.1) is 23.5 Å². The normalized spacial score (nSPS) is 10.6. The Bertz CT molecular complexity index is 1520. The summed E-state index contributed by atoms with van der Waals surface area (Å²) >= 11 is 0.